The largest absolute Gasteiger partial charge is 0.376 e. The van der Waals surface area contributed by atoms with E-state index in [0.29, 0.717) is 6.54 Å². The first-order chi connectivity index (χ1) is 15.0. The number of amides is 1. The maximum absolute atomic E-state index is 13.3. The quantitative estimate of drug-likeness (QED) is 0.561. The molecule has 2 atom stereocenters. The molecule has 0 bridgehead atoms. The number of benzene rings is 2. The van der Waals surface area contributed by atoms with E-state index in [1.165, 1.54) is 33.3 Å². The number of nitrogens with zero attached hydrogens (tertiary/aromatic N) is 2. The molecule has 1 saturated heterocycles. The molecule has 0 spiro atoms. The highest BCUT2D eigenvalue weighted by Gasteiger charge is 2.40. The molecule has 2 aromatic carbocycles. The number of aromatic nitrogens is 1. The molecule has 2 aliphatic heterocycles. The van der Waals surface area contributed by atoms with E-state index >= 15 is 0 Å². The molecule has 1 aromatic heterocycles. The average molecular weight is 415 g/mol. The van der Waals surface area contributed by atoms with Crippen molar-refractivity contribution in [3.63, 3.8) is 0 Å². The highest BCUT2D eigenvalue weighted by atomic mass is 16.5. The summed E-state index contributed by atoms with van der Waals surface area (Å²) in [7, 11) is 2.13. The Morgan fingerprint density at radius 2 is 1.77 bits per heavy atom. The van der Waals surface area contributed by atoms with E-state index in [4.69, 9.17) is 4.74 Å². The van der Waals surface area contributed by atoms with Gasteiger partial charge < -0.3 is 14.2 Å². The van der Waals surface area contributed by atoms with Gasteiger partial charge in [0.15, 0.2) is 0 Å². The van der Waals surface area contributed by atoms with Gasteiger partial charge >= 0.3 is 0 Å². The van der Waals surface area contributed by atoms with E-state index in [0.717, 1.165) is 30.6 Å². The third kappa shape index (κ3) is 3.21. The summed E-state index contributed by atoms with van der Waals surface area (Å²) in [5, 5.41) is 1.21. The van der Waals surface area contributed by atoms with Gasteiger partial charge in [0.05, 0.1) is 17.8 Å². The zero-order chi connectivity index (χ0) is 21.7. The van der Waals surface area contributed by atoms with Crippen LogP contribution in [-0.2, 0) is 16.6 Å². The van der Waals surface area contributed by atoms with Crippen LogP contribution in [0.5, 0.6) is 0 Å². The molecule has 3 heterocycles. The number of carbonyl (C=O) groups is 1. The van der Waals surface area contributed by atoms with Crippen LogP contribution in [0.1, 0.15) is 43.9 Å². The van der Waals surface area contributed by atoms with Crippen molar-refractivity contribution in [2.24, 2.45) is 7.05 Å². The number of rotatable bonds is 4. The van der Waals surface area contributed by atoms with Crippen molar-refractivity contribution in [1.82, 2.24) is 9.47 Å². The summed E-state index contributed by atoms with van der Waals surface area (Å²) < 4.78 is 8.20. The molecule has 0 aliphatic carbocycles. The molecule has 31 heavy (non-hydrogen) atoms. The Bertz CT molecular complexity index is 1180. The molecule has 0 saturated carbocycles. The first kappa shape index (κ1) is 20.1. The Morgan fingerprint density at radius 1 is 1.03 bits per heavy atom. The monoisotopic (exact) mass is 414 g/mol. The summed E-state index contributed by atoms with van der Waals surface area (Å²) >= 11 is 0. The second kappa shape index (κ2) is 7.69. The second-order valence-corrected chi connectivity index (χ2v) is 9.01. The Balaban J connectivity index is 1.73. The predicted molar refractivity (Wildman–Crippen MR) is 125 cm³/mol. The lowest BCUT2D eigenvalue weighted by molar-refractivity contribution is -0.128. The van der Waals surface area contributed by atoms with Gasteiger partial charge in [-0.1, -0.05) is 48.0 Å². The van der Waals surface area contributed by atoms with E-state index in [-0.39, 0.29) is 18.1 Å². The van der Waals surface area contributed by atoms with Crippen molar-refractivity contribution in [1.29, 1.82) is 0 Å². The standard InChI is InChI=1S/C27H30N2O2/c1-17-11-13-20(14-12-17)26-24(22-9-5-6-10-23(22)28(26)4)25-18(2)19(3)27(30)29(25)16-21-8-7-15-31-21/h5-6,9-14,21,25H,7-8,15-16H2,1-4H3/t21-,25-/m0/s1. The topological polar surface area (TPSA) is 34.5 Å². The van der Waals surface area contributed by atoms with Crippen LogP contribution in [-0.4, -0.2) is 34.6 Å². The van der Waals surface area contributed by atoms with E-state index in [2.05, 4.69) is 78.9 Å². The van der Waals surface area contributed by atoms with Crippen LogP contribution in [0.4, 0.5) is 0 Å². The molecule has 0 unspecified atom stereocenters. The van der Waals surface area contributed by atoms with E-state index < -0.39 is 0 Å². The van der Waals surface area contributed by atoms with E-state index in [1.54, 1.807) is 0 Å². The lowest BCUT2D eigenvalue weighted by Crippen LogP contribution is -2.36. The molecule has 1 amide bonds. The first-order valence-corrected chi connectivity index (χ1v) is 11.2. The molecule has 1 fully saturated rings. The van der Waals surface area contributed by atoms with Crippen molar-refractivity contribution in [2.45, 2.75) is 45.8 Å². The fourth-order valence-electron chi connectivity index (χ4n) is 5.27. The molecule has 3 aromatic rings. The minimum absolute atomic E-state index is 0.0703. The third-order valence-corrected chi connectivity index (χ3v) is 7.06. The predicted octanol–water partition coefficient (Wildman–Crippen LogP) is 5.55. The van der Waals surface area contributed by atoms with Crippen LogP contribution in [0.25, 0.3) is 22.2 Å². The summed E-state index contributed by atoms with van der Waals surface area (Å²) in [5.41, 5.74) is 8.04. The minimum atomic E-state index is -0.0703. The van der Waals surface area contributed by atoms with Gasteiger partial charge in [0, 0.05) is 42.2 Å². The van der Waals surface area contributed by atoms with Gasteiger partial charge in [-0.3, -0.25) is 4.79 Å². The zero-order valence-corrected chi connectivity index (χ0v) is 18.8. The summed E-state index contributed by atoms with van der Waals surface area (Å²) in [4.78, 5) is 15.4. The van der Waals surface area contributed by atoms with E-state index in [9.17, 15) is 4.79 Å². The molecule has 5 rings (SSSR count). The average Bonchev–Trinajstić information content (AvgIpc) is 3.44. The fourth-order valence-corrected chi connectivity index (χ4v) is 5.27. The molecule has 4 heteroatoms. The molecular formula is C27H30N2O2. The number of ether oxygens (including phenoxy) is 1. The van der Waals surface area contributed by atoms with Crippen LogP contribution >= 0.6 is 0 Å². The van der Waals surface area contributed by atoms with E-state index in [1.807, 2.05) is 6.92 Å². The second-order valence-electron chi connectivity index (χ2n) is 9.01. The summed E-state index contributed by atoms with van der Waals surface area (Å²) in [5.74, 6) is 0.140. The SMILES string of the molecule is CC1=C(C)[C@@H](c2c(-c3ccc(C)cc3)n(C)c3ccccc23)N(C[C@@H]2CCCO2)C1=O. The molecular weight excluding hydrogens is 384 g/mol. The maximum atomic E-state index is 13.3. The van der Waals surface area contributed by atoms with Gasteiger partial charge in [0.1, 0.15) is 0 Å². The Kier molecular flexibility index (Phi) is 4.98. The number of hydrogen-bond acceptors (Lipinski definition) is 2. The summed E-state index contributed by atoms with van der Waals surface area (Å²) in [6.07, 6.45) is 2.23. The van der Waals surface area contributed by atoms with Crippen molar-refractivity contribution < 1.29 is 9.53 Å². The van der Waals surface area contributed by atoms with Gasteiger partial charge in [0.25, 0.3) is 0 Å². The maximum Gasteiger partial charge on any atom is 0.250 e. The smallest absolute Gasteiger partial charge is 0.250 e. The molecule has 4 nitrogen and oxygen atoms in total. The van der Waals surface area contributed by atoms with Crippen LogP contribution < -0.4 is 0 Å². The Hall–Kier alpha value is -2.85. The number of aryl methyl sites for hydroxylation is 2. The van der Waals surface area contributed by atoms with Gasteiger partial charge in [-0.25, -0.2) is 0 Å². The van der Waals surface area contributed by atoms with Gasteiger partial charge in [-0.15, -0.1) is 0 Å². The van der Waals surface area contributed by atoms with Crippen molar-refractivity contribution in [2.75, 3.05) is 13.2 Å². The van der Waals surface area contributed by atoms with Crippen LogP contribution in [0, 0.1) is 6.92 Å². The first-order valence-electron chi connectivity index (χ1n) is 11.2. The summed E-state index contributed by atoms with van der Waals surface area (Å²) in [6, 6.07) is 17.2. The Labute approximate surface area is 184 Å². The van der Waals surface area contributed by atoms with Crippen LogP contribution in [0.15, 0.2) is 59.7 Å². The molecule has 0 N–H and O–H groups in total. The molecule has 0 radical (unpaired) electrons. The number of fused-ring (bicyclic) bond motifs is 1. The van der Waals surface area contributed by atoms with Crippen molar-refractivity contribution in [3.8, 4) is 11.3 Å². The fraction of sp³-hybridized carbons (Fsp3) is 0.370. The zero-order valence-electron chi connectivity index (χ0n) is 18.8. The highest BCUT2D eigenvalue weighted by Crippen LogP contribution is 2.46. The Morgan fingerprint density at radius 3 is 2.48 bits per heavy atom. The summed E-state index contributed by atoms with van der Waals surface area (Å²) in [6.45, 7) is 7.65. The lowest BCUT2D eigenvalue weighted by atomic mass is 9.93. The minimum Gasteiger partial charge on any atom is -0.376 e. The number of para-hydroxylation sites is 1. The van der Waals surface area contributed by atoms with Crippen LogP contribution in [0.2, 0.25) is 0 Å². The number of carbonyl (C=O) groups excluding carboxylic acids is 1. The molecule has 160 valence electrons. The lowest BCUT2D eigenvalue weighted by Gasteiger charge is -2.30. The number of hydrogen-bond donors (Lipinski definition) is 0. The van der Waals surface area contributed by atoms with Gasteiger partial charge in [-0.2, -0.15) is 0 Å². The van der Waals surface area contributed by atoms with Gasteiger partial charge in [0.2, 0.25) is 5.91 Å². The van der Waals surface area contributed by atoms with Crippen LogP contribution in [0.3, 0.4) is 0 Å². The highest BCUT2D eigenvalue weighted by molar-refractivity contribution is 6.00. The van der Waals surface area contributed by atoms with Gasteiger partial charge in [-0.05, 0) is 50.8 Å². The third-order valence-electron chi connectivity index (χ3n) is 7.06. The van der Waals surface area contributed by atoms with Crippen molar-refractivity contribution in [3.05, 3.63) is 70.8 Å². The van der Waals surface area contributed by atoms with Crippen molar-refractivity contribution >= 4 is 16.8 Å². The normalized spacial score (nSPS) is 21.7. The molecule has 2 aliphatic rings.